The van der Waals surface area contributed by atoms with Crippen molar-refractivity contribution in [3.05, 3.63) is 75.3 Å². The summed E-state index contributed by atoms with van der Waals surface area (Å²) < 4.78 is 2.88. The van der Waals surface area contributed by atoms with E-state index in [0.29, 0.717) is 6.04 Å². The Morgan fingerprint density at radius 1 is 1.18 bits per heavy atom. The lowest BCUT2D eigenvalue weighted by atomic mass is 10.0. The first-order valence-electron chi connectivity index (χ1n) is 9.87. The van der Waals surface area contributed by atoms with Gasteiger partial charge in [-0.25, -0.2) is 9.97 Å². The van der Waals surface area contributed by atoms with Crippen molar-refractivity contribution in [3.63, 3.8) is 0 Å². The molecule has 5 nitrogen and oxygen atoms in total. The second-order valence-corrected chi connectivity index (χ2v) is 8.69. The van der Waals surface area contributed by atoms with E-state index in [9.17, 15) is 4.79 Å². The van der Waals surface area contributed by atoms with Gasteiger partial charge in [-0.3, -0.25) is 9.20 Å². The smallest absolute Gasteiger partial charge is 0.258 e. The van der Waals surface area contributed by atoms with Crippen molar-refractivity contribution in [1.29, 1.82) is 0 Å². The predicted molar refractivity (Wildman–Crippen MR) is 112 cm³/mol. The number of fused-ring (bicyclic) bond motifs is 2. The zero-order valence-corrected chi connectivity index (χ0v) is 16.7. The molecule has 0 spiro atoms. The van der Waals surface area contributed by atoms with Gasteiger partial charge in [0.05, 0.1) is 16.8 Å². The van der Waals surface area contributed by atoms with E-state index in [4.69, 9.17) is 9.97 Å². The molecule has 1 aliphatic rings. The van der Waals surface area contributed by atoms with E-state index in [1.807, 2.05) is 36.5 Å². The highest BCUT2D eigenvalue weighted by Crippen LogP contribution is 2.28. The molecule has 1 fully saturated rings. The number of rotatable bonds is 3. The number of para-hydroxylation sites is 1. The molecule has 1 unspecified atom stereocenters. The number of hydrogen-bond donors (Lipinski definition) is 1. The van der Waals surface area contributed by atoms with Crippen molar-refractivity contribution in [2.45, 2.75) is 38.8 Å². The van der Waals surface area contributed by atoms with Crippen molar-refractivity contribution in [2.24, 2.45) is 0 Å². The summed E-state index contributed by atoms with van der Waals surface area (Å²) >= 11 is 1.81. The van der Waals surface area contributed by atoms with Gasteiger partial charge in [0.1, 0.15) is 23.9 Å². The molecule has 0 aliphatic carbocycles. The van der Waals surface area contributed by atoms with Gasteiger partial charge in [-0.2, -0.15) is 0 Å². The van der Waals surface area contributed by atoms with Crippen molar-refractivity contribution < 1.29 is 4.90 Å². The molecule has 1 N–H and O–H groups in total. The number of nitrogens with one attached hydrogen (secondary N) is 1. The topological polar surface area (TPSA) is 51.7 Å². The summed E-state index contributed by atoms with van der Waals surface area (Å²) in [6.45, 7) is 3.86. The van der Waals surface area contributed by atoms with Gasteiger partial charge in [0, 0.05) is 18.7 Å². The third-order valence-electron chi connectivity index (χ3n) is 5.69. The third kappa shape index (κ3) is 3.12. The Morgan fingerprint density at radius 2 is 2.07 bits per heavy atom. The summed E-state index contributed by atoms with van der Waals surface area (Å²) in [6.07, 6.45) is 5.37. The fourth-order valence-electron chi connectivity index (χ4n) is 4.26. The van der Waals surface area contributed by atoms with Gasteiger partial charge >= 0.3 is 0 Å². The van der Waals surface area contributed by atoms with Gasteiger partial charge in [0.15, 0.2) is 5.01 Å². The summed E-state index contributed by atoms with van der Waals surface area (Å²) in [5, 5.41) is 1.21. The lowest BCUT2D eigenvalue weighted by Crippen LogP contribution is -3.11. The van der Waals surface area contributed by atoms with E-state index < -0.39 is 0 Å². The van der Waals surface area contributed by atoms with Crippen LogP contribution in [-0.4, -0.2) is 20.9 Å². The Bertz CT molecular complexity index is 1180. The summed E-state index contributed by atoms with van der Waals surface area (Å²) in [6, 6.07) is 14.3. The van der Waals surface area contributed by atoms with Gasteiger partial charge < -0.3 is 4.90 Å². The van der Waals surface area contributed by atoms with Crippen LogP contribution in [0.1, 0.15) is 41.6 Å². The molecule has 1 aliphatic heterocycles. The summed E-state index contributed by atoms with van der Waals surface area (Å²) in [7, 11) is 0. The number of aryl methyl sites for hydroxylation is 1. The van der Waals surface area contributed by atoms with Gasteiger partial charge in [-0.05, 0) is 43.5 Å². The highest BCUT2D eigenvalue weighted by atomic mass is 32.1. The second kappa shape index (κ2) is 7.11. The molecular weight excluding hydrogens is 368 g/mol. The van der Waals surface area contributed by atoms with Gasteiger partial charge in [0.2, 0.25) is 0 Å². The van der Waals surface area contributed by atoms with E-state index in [1.165, 1.54) is 27.4 Å². The van der Waals surface area contributed by atoms with Crippen molar-refractivity contribution >= 4 is 27.2 Å². The molecular formula is C22H23N4OS+. The quantitative estimate of drug-likeness (QED) is 0.584. The number of nitrogens with zero attached hydrogens (tertiary/aromatic N) is 3. The van der Waals surface area contributed by atoms with Crippen LogP contribution >= 0.6 is 11.3 Å². The average molecular weight is 392 g/mol. The van der Waals surface area contributed by atoms with Crippen LogP contribution in [-0.2, 0) is 6.54 Å². The van der Waals surface area contributed by atoms with Gasteiger partial charge in [-0.15, -0.1) is 11.3 Å². The van der Waals surface area contributed by atoms with Gasteiger partial charge in [0.25, 0.3) is 5.56 Å². The number of quaternary nitrogens is 1. The van der Waals surface area contributed by atoms with Crippen molar-refractivity contribution in [3.8, 4) is 0 Å². The van der Waals surface area contributed by atoms with Crippen molar-refractivity contribution in [2.75, 3.05) is 6.54 Å². The highest BCUT2D eigenvalue weighted by molar-refractivity contribution is 7.18. The van der Waals surface area contributed by atoms with Crippen LogP contribution in [0.25, 0.3) is 15.9 Å². The molecule has 1 saturated heterocycles. The van der Waals surface area contributed by atoms with E-state index >= 15 is 0 Å². The van der Waals surface area contributed by atoms with Crippen LogP contribution in [0.2, 0.25) is 0 Å². The predicted octanol–water partition coefficient (Wildman–Crippen LogP) is 2.92. The van der Waals surface area contributed by atoms with Gasteiger partial charge in [-0.1, -0.05) is 18.2 Å². The summed E-state index contributed by atoms with van der Waals surface area (Å²) in [5.41, 5.74) is 3.75. The molecule has 2 atom stereocenters. The molecule has 0 bridgehead atoms. The Balaban J connectivity index is 1.50. The first kappa shape index (κ1) is 17.5. The largest absolute Gasteiger partial charge is 0.322 e. The van der Waals surface area contributed by atoms with Crippen LogP contribution in [0.5, 0.6) is 0 Å². The number of piperidine rings is 1. The maximum Gasteiger partial charge on any atom is 0.258 e. The van der Waals surface area contributed by atoms with Crippen LogP contribution in [0.3, 0.4) is 0 Å². The van der Waals surface area contributed by atoms with Crippen LogP contribution in [0, 0.1) is 6.92 Å². The van der Waals surface area contributed by atoms with Crippen LogP contribution < -0.4 is 10.5 Å². The highest BCUT2D eigenvalue weighted by Gasteiger charge is 2.31. The minimum absolute atomic E-state index is 0.00311. The van der Waals surface area contributed by atoms with Crippen LogP contribution in [0.15, 0.2) is 53.5 Å². The number of benzene rings is 1. The Labute approximate surface area is 167 Å². The first-order valence-corrected chi connectivity index (χ1v) is 10.7. The first-order chi connectivity index (χ1) is 13.7. The maximum atomic E-state index is 12.6. The minimum atomic E-state index is -0.00311. The number of aromatic nitrogens is 3. The third-order valence-corrected chi connectivity index (χ3v) is 6.84. The van der Waals surface area contributed by atoms with Crippen LogP contribution in [0.4, 0.5) is 0 Å². The average Bonchev–Trinajstić information content (AvgIpc) is 3.13. The molecule has 4 aromatic rings. The summed E-state index contributed by atoms with van der Waals surface area (Å²) in [4.78, 5) is 23.8. The standard InChI is InChI=1S/C22H22N4OS/c1-15-7-6-12-26-20(27)13-16(23-21(15)26)14-25-11-5-4-9-18(25)22-24-17-8-2-3-10-19(17)28-22/h2-3,6-8,10,12-13,18H,4-5,9,11,14H2,1H3/p+1/t18-/m0/s1. The zero-order valence-electron chi connectivity index (χ0n) is 15.9. The monoisotopic (exact) mass is 391 g/mol. The Kier molecular flexibility index (Phi) is 4.45. The van der Waals surface area contributed by atoms with E-state index in [2.05, 4.69) is 18.2 Å². The molecule has 4 heterocycles. The summed E-state index contributed by atoms with van der Waals surface area (Å²) in [5.74, 6) is 0. The van der Waals surface area contributed by atoms with E-state index in [1.54, 1.807) is 16.7 Å². The number of pyridine rings is 1. The zero-order chi connectivity index (χ0) is 19.1. The second-order valence-electron chi connectivity index (χ2n) is 7.62. The van der Waals surface area contributed by atoms with Crippen molar-refractivity contribution in [1.82, 2.24) is 14.4 Å². The lowest BCUT2D eigenvalue weighted by molar-refractivity contribution is -0.950. The number of thiazole rings is 1. The molecule has 0 radical (unpaired) electrons. The molecule has 142 valence electrons. The number of hydrogen-bond acceptors (Lipinski definition) is 4. The Morgan fingerprint density at radius 3 is 2.96 bits per heavy atom. The van der Waals surface area contributed by atoms with E-state index in [0.717, 1.165) is 41.9 Å². The fourth-order valence-corrected chi connectivity index (χ4v) is 5.42. The van der Waals surface area contributed by atoms with E-state index in [-0.39, 0.29) is 5.56 Å². The maximum absolute atomic E-state index is 12.6. The normalized spacial score (nSPS) is 20.0. The molecule has 6 heteroatoms. The molecule has 28 heavy (non-hydrogen) atoms. The minimum Gasteiger partial charge on any atom is -0.322 e. The molecule has 5 rings (SSSR count). The molecule has 3 aromatic heterocycles. The lowest BCUT2D eigenvalue weighted by Gasteiger charge is -2.31. The SMILES string of the molecule is Cc1cccn2c(=O)cc(C[NH+]3CCCC[C@H]3c3nc4ccccc4s3)nc12. The molecule has 1 aromatic carbocycles. The fraction of sp³-hybridized carbons (Fsp3) is 0.318. The number of likely N-dealkylation sites (tertiary alicyclic amines) is 1. The molecule has 0 saturated carbocycles. The Hall–Kier alpha value is -2.57. The molecule has 0 amide bonds.